The highest BCUT2D eigenvalue weighted by Gasteiger charge is 2.30. The topological polar surface area (TPSA) is 79.4 Å². The summed E-state index contributed by atoms with van der Waals surface area (Å²) in [7, 11) is -3.36. The third-order valence-electron chi connectivity index (χ3n) is 3.56. The maximum atomic E-state index is 12.5. The highest BCUT2D eigenvalue weighted by atomic mass is 35.5. The number of amides is 1. The van der Waals surface area contributed by atoms with Gasteiger partial charge in [-0.2, -0.15) is 0 Å². The summed E-state index contributed by atoms with van der Waals surface area (Å²) in [4.78, 5) is 18.2. The molecule has 0 bridgehead atoms. The number of hydrogen-bond donors (Lipinski definition) is 1. The zero-order chi connectivity index (χ0) is 16.2. The number of nitrogens with zero attached hydrogens (tertiary/aromatic N) is 2. The molecule has 0 spiro atoms. The van der Waals surface area contributed by atoms with Crippen molar-refractivity contribution in [2.24, 2.45) is 5.92 Å². The molecule has 1 unspecified atom stereocenters. The van der Waals surface area contributed by atoms with Crippen LogP contribution in [0.25, 0.3) is 0 Å². The minimum atomic E-state index is -3.36. The molecule has 1 aromatic rings. The third kappa shape index (κ3) is 5.75. The van der Waals surface area contributed by atoms with Crippen molar-refractivity contribution in [2.75, 3.05) is 31.1 Å². The Hall–Kier alpha value is -1.18. The lowest BCUT2D eigenvalue weighted by atomic mass is 10.1. The van der Waals surface area contributed by atoms with E-state index in [4.69, 9.17) is 0 Å². The molecule has 0 aliphatic carbocycles. The van der Waals surface area contributed by atoms with E-state index in [1.54, 1.807) is 17.3 Å². The highest BCUT2D eigenvalue weighted by Crippen LogP contribution is 2.22. The summed E-state index contributed by atoms with van der Waals surface area (Å²) in [5, 5.41) is 3.24. The van der Waals surface area contributed by atoms with E-state index in [9.17, 15) is 13.2 Å². The Labute approximate surface area is 144 Å². The van der Waals surface area contributed by atoms with Crippen molar-refractivity contribution in [3.63, 3.8) is 0 Å². The standard InChI is InChI=1S/C15H23N3O3S.ClH/c1-12(2)10-22(20,21)11-15(19)18-7-6-17-9-14(18)13-4-3-5-16-8-13;/h3-5,8,12,14,17H,6-7,9-11H2,1-2H3;1H. The Kier molecular flexibility index (Phi) is 7.44. The predicted molar refractivity (Wildman–Crippen MR) is 92.3 cm³/mol. The second-order valence-electron chi connectivity index (χ2n) is 6.04. The minimum absolute atomic E-state index is 0. The number of aromatic nitrogens is 1. The van der Waals surface area contributed by atoms with Crippen molar-refractivity contribution in [1.29, 1.82) is 0 Å². The van der Waals surface area contributed by atoms with E-state index in [2.05, 4.69) is 10.3 Å². The monoisotopic (exact) mass is 361 g/mol. The molecular weight excluding hydrogens is 338 g/mol. The van der Waals surface area contributed by atoms with Gasteiger partial charge < -0.3 is 10.2 Å². The molecule has 1 aliphatic rings. The SMILES string of the molecule is CC(C)CS(=O)(=O)CC(=O)N1CCNCC1c1cccnc1.Cl. The summed E-state index contributed by atoms with van der Waals surface area (Å²) in [6.07, 6.45) is 3.40. The van der Waals surface area contributed by atoms with Crippen LogP contribution >= 0.6 is 12.4 Å². The molecular formula is C15H24ClN3O3S. The molecule has 23 heavy (non-hydrogen) atoms. The summed E-state index contributed by atoms with van der Waals surface area (Å²) in [6.45, 7) is 5.47. The molecule has 0 aromatic carbocycles. The lowest BCUT2D eigenvalue weighted by Gasteiger charge is -2.36. The molecule has 0 saturated carbocycles. The minimum Gasteiger partial charge on any atom is -0.332 e. The number of carbonyl (C=O) groups excluding carboxylic acids is 1. The van der Waals surface area contributed by atoms with Gasteiger partial charge in [-0.25, -0.2) is 8.42 Å². The van der Waals surface area contributed by atoms with Gasteiger partial charge in [-0.15, -0.1) is 12.4 Å². The van der Waals surface area contributed by atoms with Gasteiger partial charge in [-0.3, -0.25) is 9.78 Å². The molecule has 1 aliphatic heterocycles. The summed E-state index contributed by atoms with van der Waals surface area (Å²) in [5.41, 5.74) is 0.921. The highest BCUT2D eigenvalue weighted by molar-refractivity contribution is 7.92. The van der Waals surface area contributed by atoms with Crippen LogP contribution in [0.1, 0.15) is 25.5 Å². The van der Waals surface area contributed by atoms with Crippen LogP contribution in [0.5, 0.6) is 0 Å². The molecule has 1 amide bonds. The van der Waals surface area contributed by atoms with Crippen molar-refractivity contribution >= 4 is 28.2 Å². The quantitative estimate of drug-likeness (QED) is 0.847. The van der Waals surface area contributed by atoms with Crippen LogP contribution in [0.4, 0.5) is 0 Å². The lowest BCUT2D eigenvalue weighted by molar-refractivity contribution is -0.131. The van der Waals surface area contributed by atoms with Gasteiger partial charge in [0.15, 0.2) is 9.84 Å². The Balaban J connectivity index is 0.00000264. The molecule has 1 fully saturated rings. The van der Waals surface area contributed by atoms with Crippen LogP contribution < -0.4 is 5.32 Å². The number of nitrogens with one attached hydrogen (secondary N) is 1. The second kappa shape index (κ2) is 8.61. The van der Waals surface area contributed by atoms with Gasteiger partial charge in [0.2, 0.25) is 5.91 Å². The first kappa shape index (κ1) is 19.9. The van der Waals surface area contributed by atoms with E-state index in [-0.39, 0.29) is 36.0 Å². The molecule has 6 nitrogen and oxygen atoms in total. The van der Waals surface area contributed by atoms with Crippen molar-refractivity contribution in [1.82, 2.24) is 15.2 Å². The largest absolute Gasteiger partial charge is 0.332 e. The average Bonchev–Trinajstić information content (AvgIpc) is 2.46. The predicted octanol–water partition coefficient (Wildman–Crippen LogP) is 1.05. The van der Waals surface area contributed by atoms with Gasteiger partial charge in [0.1, 0.15) is 5.75 Å². The molecule has 8 heteroatoms. The molecule has 0 radical (unpaired) electrons. The van der Waals surface area contributed by atoms with Crippen molar-refractivity contribution < 1.29 is 13.2 Å². The normalized spacial score (nSPS) is 18.6. The van der Waals surface area contributed by atoms with Crippen LogP contribution in [0, 0.1) is 5.92 Å². The van der Waals surface area contributed by atoms with Crippen molar-refractivity contribution in [3.05, 3.63) is 30.1 Å². The number of pyridine rings is 1. The Morgan fingerprint density at radius 1 is 1.48 bits per heavy atom. The van der Waals surface area contributed by atoms with Crippen LogP contribution in [-0.4, -0.2) is 55.3 Å². The number of rotatable bonds is 5. The fourth-order valence-corrected chi connectivity index (χ4v) is 4.39. The van der Waals surface area contributed by atoms with Crippen LogP contribution in [0.2, 0.25) is 0 Å². The number of sulfone groups is 1. The van der Waals surface area contributed by atoms with Crippen molar-refractivity contribution in [3.8, 4) is 0 Å². The smallest absolute Gasteiger partial charge is 0.238 e. The average molecular weight is 362 g/mol. The van der Waals surface area contributed by atoms with E-state index in [1.165, 1.54) is 0 Å². The molecule has 1 aromatic heterocycles. The first-order valence-electron chi connectivity index (χ1n) is 7.49. The summed E-state index contributed by atoms with van der Waals surface area (Å²) >= 11 is 0. The summed E-state index contributed by atoms with van der Waals surface area (Å²) in [6, 6.07) is 3.57. The maximum Gasteiger partial charge on any atom is 0.238 e. The molecule has 1 atom stereocenters. The van der Waals surface area contributed by atoms with Gasteiger partial charge in [0, 0.05) is 32.0 Å². The first-order valence-corrected chi connectivity index (χ1v) is 9.32. The fourth-order valence-electron chi connectivity index (χ4n) is 2.71. The van der Waals surface area contributed by atoms with Crippen LogP contribution in [0.3, 0.4) is 0 Å². The molecule has 2 heterocycles. The summed E-state index contributed by atoms with van der Waals surface area (Å²) < 4.78 is 24.1. The number of carbonyl (C=O) groups is 1. The van der Waals surface area contributed by atoms with E-state index < -0.39 is 15.6 Å². The van der Waals surface area contributed by atoms with Gasteiger partial charge in [0.25, 0.3) is 0 Å². The Bertz CT molecular complexity index is 608. The number of hydrogen-bond acceptors (Lipinski definition) is 5. The number of halogens is 1. The fraction of sp³-hybridized carbons (Fsp3) is 0.600. The molecule has 1 saturated heterocycles. The first-order chi connectivity index (χ1) is 10.4. The van der Waals surface area contributed by atoms with Crippen LogP contribution in [-0.2, 0) is 14.6 Å². The van der Waals surface area contributed by atoms with Gasteiger partial charge in [-0.05, 0) is 17.5 Å². The molecule has 1 N–H and O–H groups in total. The van der Waals surface area contributed by atoms with E-state index in [0.717, 1.165) is 5.56 Å². The van der Waals surface area contributed by atoms with Crippen LogP contribution in [0.15, 0.2) is 24.5 Å². The Morgan fingerprint density at radius 3 is 2.83 bits per heavy atom. The van der Waals surface area contributed by atoms with Gasteiger partial charge in [-0.1, -0.05) is 19.9 Å². The maximum absolute atomic E-state index is 12.5. The number of piperazine rings is 1. The van der Waals surface area contributed by atoms with E-state index >= 15 is 0 Å². The lowest BCUT2D eigenvalue weighted by Crippen LogP contribution is -2.50. The zero-order valence-corrected chi connectivity index (χ0v) is 15.1. The van der Waals surface area contributed by atoms with Gasteiger partial charge in [0.05, 0.1) is 11.8 Å². The van der Waals surface area contributed by atoms with E-state index in [1.807, 2.05) is 26.0 Å². The molecule has 2 rings (SSSR count). The second-order valence-corrected chi connectivity index (χ2v) is 8.15. The zero-order valence-electron chi connectivity index (χ0n) is 13.4. The van der Waals surface area contributed by atoms with Gasteiger partial charge >= 0.3 is 0 Å². The third-order valence-corrected chi connectivity index (χ3v) is 5.42. The van der Waals surface area contributed by atoms with Crippen molar-refractivity contribution in [2.45, 2.75) is 19.9 Å². The van der Waals surface area contributed by atoms with E-state index in [0.29, 0.717) is 19.6 Å². The molecule has 130 valence electrons. The summed E-state index contributed by atoms with van der Waals surface area (Å²) in [5.74, 6) is -0.671. The Morgan fingerprint density at radius 2 is 2.22 bits per heavy atom.